The maximum Gasteiger partial charge on any atom is 0.243 e. The Morgan fingerprint density at radius 2 is 1.64 bits per heavy atom. The van der Waals surface area contributed by atoms with Crippen molar-refractivity contribution in [1.29, 1.82) is 0 Å². The molecule has 0 saturated carbocycles. The van der Waals surface area contributed by atoms with Gasteiger partial charge in [-0.1, -0.05) is 17.7 Å². The zero-order valence-corrected chi connectivity index (χ0v) is 20.0. The van der Waals surface area contributed by atoms with Gasteiger partial charge >= 0.3 is 0 Å². The molecule has 0 spiro atoms. The summed E-state index contributed by atoms with van der Waals surface area (Å²) in [6, 6.07) is 10.2. The zero-order chi connectivity index (χ0) is 24.0. The van der Waals surface area contributed by atoms with Crippen LogP contribution < -0.4 is 19.6 Å². The van der Waals surface area contributed by atoms with Crippen molar-refractivity contribution in [2.24, 2.45) is 11.0 Å². The van der Waals surface area contributed by atoms with E-state index in [1.807, 2.05) is 6.92 Å². The molecule has 10 heteroatoms. The standard InChI is InChI=1S/C23H29N3O6S/c1-16-5-8-19(9-6-16)33(28,29)26-13-11-17(12-14-26)23(27)25-24-15-18-7-10-20(30-2)22(32-4)21(18)31-3/h5-10,15,17H,11-14H2,1-4H3,(H,25,27)/b24-15-. The topological polar surface area (TPSA) is 107 Å². The summed E-state index contributed by atoms with van der Waals surface area (Å²) in [6.45, 7) is 2.47. The molecule has 0 atom stereocenters. The van der Waals surface area contributed by atoms with Crippen molar-refractivity contribution in [3.8, 4) is 17.2 Å². The first-order chi connectivity index (χ1) is 15.8. The van der Waals surface area contributed by atoms with E-state index in [0.717, 1.165) is 5.56 Å². The molecule has 0 aromatic heterocycles. The van der Waals surface area contributed by atoms with Crippen LogP contribution in [0.15, 0.2) is 46.4 Å². The van der Waals surface area contributed by atoms with Crippen molar-refractivity contribution in [1.82, 2.24) is 9.73 Å². The van der Waals surface area contributed by atoms with E-state index in [0.29, 0.717) is 35.7 Å². The molecule has 1 aliphatic rings. The molecular formula is C23H29N3O6S. The van der Waals surface area contributed by atoms with Gasteiger partial charge in [-0.05, 0) is 44.0 Å². The Morgan fingerprint density at radius 1 is 1.00 bits per heavy atom. The van der Waals surface area contributed by atoms with Crippen LogP contribution in [0.3, 0.4) is 0 Å². The average molecular weight is 476 g/mol. The highest BCUT2D eigenvalue weighted by molar-refractivity contribution is 7.89. The number of carbonyl (C=O) groups excluding carboxylic acids is 1. The normalized spacial score (nSPS) is 15.4. The lowest BCUT2D eigenvalue weighted by Gasteiger charge is -2.30. The van der Waals surface area contributed by atoms with E-state index >= 15 is 0 Å². The number of nitrogens with one attached hydrogen (secondary N) is 1. The Bertz CT molecular complexity index is 1110. The fourth-order valence-corrected chi connectivity index (χ4v) is 5.17. The number of aryl methyl sites for hydroxylation is 1. The van der Waals surface area contributed by atoms with Crippen LogP contribution in [0.25, 0.3) is 0 Å². The number of rotatable bonds is 8. The Labute approximate surface area is 194 Å². The molecule has 33 heavy (non-hydrogen) atoms. The molecule has 1 saturated heterocycles. The van der Waals surface area contributed by atoms with E-state index in [-0.39, 0.29) is 29.8 Å². The molecule has 0 aliphatic carbocycles. The van der Waals surface area contributed by atoms with Crippen molar-refractivity contribution >= 4 is 22.1 Å². The SMILES string of the molecule is COc1ccc(/C=N\NC(=O)C2CCN(S(=O)(=O)c3ccc(C)cc3)CC2)c(OC)c1OC. The molecule has 178 valence electrons. The molecular weight excluding hydrogens is 446 g/mol. The first-order valence-electron chi connectivity index (χ1n) is 10.5. The van der Waals surface area contributed by atoms with Gasteiger partial charge in [-0.3, -0.25) is 4.79 Å². The predicted octanol–water partition coefficient (Wildman–Crippen LogP) is 2.57. The summed E-state index contributed by atoms with van der Waals surface area (Å²) in [4.78, 5) is 12.8. The third-order valence-corrected chi connectivity index (χ3v) is 7.51. The molecule has 9 nitrogen and oxygen atoms in total. The molecule has 1 fully saturated rings. The molecule has 1 amide bonds. The second kappa shape index (κ2) is 10.7. The summed E-state index contributed by atoms with van der Waals surface area (Å²) in [6.07, 6.45) is 2.31. The Hall–Kier alpha value is -3.11. The van der Waals surface area contributed by atoms with Crippen LogP contribution in [0.2, 0.25) is 0 Å². The van der Waals surface area contributed by atoms with Crippen LogP contribution in [0, 0.1) is 12.8 Å². The molecule has 0 radical (unpaired) electrons. The average Bonchev–Trinajstić information content (AvgIpc) is 2.83. The van der Waals surface area contributed by atoms with Crippen molar-refractivity contribution < 1.29 is 27.4 Å². The van der Waals surface area contributed by atoms with Gasteiger partial charge in [0.2, 0.25) is 21.7 Å². The minimum atomic E-state index is -3.56. The second-order valence-electron chi connectivity index (χ2n) is 7.65. The minimum absolute atomic E-state index is 0.252. The number of nitrogens with zero attached hydrogens (tertiary/aromatic N) is 2. The summed E-state index contributed by atoms with van der Waals surface area (Å²) in [5, 5.41) is 4.05. The van der Waals surface area contributed by atoms with E-state index < -0.39 is 10.0 Å². The summed E-state index contributed by atoms with van der Waals surface area (Å²) >= 11 is 0. The maximum atomic E-state index is 12.8. The van der Waals surface area contributed by atoms with Crippen LogP contribution in [-0.4, -0.2) is 59.3 Å². The number of benzene rings is 2. The van der Waals surface area contributed by atoms with Crippen LogP contribution in [0.1, 0.15) is 24.0 Å². The number of sulfonamides is 1. The number of carbonyl (C=O) groups is 1. The minimum Gasteiger partial charge on any atom is -0.493 e. The summed E-state index contributed by atoms with van der Waals surface area (Å²) in [5.41, 5.74) is 4.15. The summed E-state index contributed by atoms with van der Waals surface area (Å²) in [7, 11) is 0.979. The smallest absolute Gasteiger partial charge is 0.243 e. The lowest BCUT2D eigenvalue weighted by molar-refractivity contribution is -0.126. The van der Waals surface area contributed by atoms with Gasteiger partial charge in [0.15, 0.2) is 11.5 Å². The van der Waals surface area contributed by atoms with Crippen molar-refractivity contribution in [3.63, 3.8) is 0 Å². The number of hydrogen-bond acceptors (Lipinski definition) is 7. The highest BCUT2D eigenvalue weighted by Crippen LogP contribution is 2.39. The number of hydrogen-bond donors (Lipinski definition) is 1. The predicted molar refractivity (Wildman–Crippen MR) is 124 cm³/mol. The van der Waals surface area contributed by atoms with Gasteiger partial charge in [-0.25, -0.2) is 13.8 Å². The molecule has 2 aromatic rings. The van der Waals surface area contributed by atoms with E-state index in [1.54, 1.807) is 36.4 Å². The molecule has 1 N–H and O–H groups in total. The number of piperidine rings is 1. The van der Waals surface area contributed by atoms with E-state index in [9.17, 15) is 13.2 Å². The Balaban J connectivity index is 1.60. The van der Waals surface area contributed by atoms with E-state index in [1.165, 1.54) is 31.8 Å². The lowest BCUT2D eigenvalue weighted by Crippen LogP contribution is -2.42. The largest absolute Gasteiger partial charge is 0.493 e. The highest BCUT2D eigenvalue weighted by Gasteiger charge is 2.32. The molecule has 0 bridgehead atoms. The highest BCUT2D eigenvalue weighted by atomic mass is 32.2. The van der Waals surface area contributed by atoms with Crippen LogP contribution in [0.4, 0.5) is 0 Å². The van der Waals surface area contributed by atoms with Crippen molar-refractivity contribution in [2.75, 3.05) is 34.4 Å². The van der Waals surface area contributed by atoms with Crippen LogP contribution in [0.5, 0.6) is 17.2 Å². The van der Waals surface area contributed by atoms with Crippen LogP contribution >= 0.6 is 0 Å². The molecule has 2 aromatic carbocycles. The van der Waals surface area contributed by atoms with Gasteiger partial charge in [0.1, 0.15) is 0 Å². The number of amides is 1. The third kappa shape index (κ3) is 5.45. The van der Waals surface area contributed by atoms with Crippen molar-refractivity contribution in [3.05, 3.63) is 47.5 Å². The molecule has 1 heterocycles. The molecule has 1 aliphatic heterocycles. The lowest BCUT2D eigenvalue weighted by atomic mass is 9.98. The Kier molecular flexibility index (Phi) is 7.93. The van der Waals surface area contributed by atoms with Gasteiger partial charge in [-0.2, -0.15) is 9.41 Å². The molecule has 3 rings (SSSR count). The summed E-state index contributed by atoms with van der Waals surface area (Å²) < 4.78 is 43.1. The van der Waals surface area contributed by atoms with Crippen LogP contribution in [-0.2, 0) is 14.8 Å². The van der Waals surface area contributed by atoms with Crippen molar-refractivity contribution in [2.45, 2.75) is 24.7 Å². The fraction of sp³-hybridized carbons (Fsp3) is 0.391. The fourth-order valence-electron chi connectivity index (χ4n) is 3.70. The first-order valence-corrected chi connectivity index (χ1v) is 11.9. The Morgan fingerprint density at radius 3 is 2.21 bits per heavy atom. The molecule has 0 unspecified atom stereocenters. The zero-order valence-electron chi connectivity index (χ0n) is 19.2. The van der Waals surface area contributed by atoms with E-state index in [4.69, 9.17) is 14.2 Å². The van der Waals surface area contributed by atoms with Gasteiger partial charge in [-0.15, -0.1) is 0 Å². The van der Waals surface area contributed by atoms with Gasteiger partial charge in [0.25, 0.3) is 0 Å². The number of ether oxygens (including phenoxy) is 3. The number of methoxy groups -OCH3 is 3. The number of hydrazone groups is 1. The van der Waals surface area contributed by atoms with Gasteiger partial charge < -0.3 is 14.2 Å². The monoisotopic (exact) mass is 475 g/mol. The van der Waals surface area contributed by atoms with E-state index in [2.05, 4.69) is 10.5 Å². The van der Waals surface area contributed by atoms with Gasteiger partial charge in [0, 0.05) is 24.6 Å². The van der Waals surface area contributed by atoms with Gasteiger partial charge in [0.05, 0.1) is 32.4 Å². The summed E-state index contributed by atoms with van der Waals surface area (Å²) in [5.74, 6) is 0.807. The quantitative estimate of drug-likeness (QED) is 0.465. The third-order valence-electron chi connectivity index (χ3n) is 5.60. The second-order valence-corrected chi connectivity index (χ2v) is 9.59. The first kappa shape index (κ1) is 24.5. The maximum absolute atomic E-state index is 12.8.